The Morgan fingerprint density at radius 3 is 2.62 bits per heavy atom. The van der Waals surface area contributed by atoms with Gasteiger partial charge in [0, 0.05) is 17.9 Å². The molecule has 0 saturated heterocycles. The molecular weight excluding hydrogens is 330 g/mol. The smallest absolute Gasteiger partial charge is 0.328 e. The van der Waals surface area contributed by atoms with Crippen LogP contribution in [0.5, 0.6) is 0 Å². The number of hydrogen-bond donors (Lipinski definition) is 2. The van der Waals surface area contributed by atoms with Crippen molar-refractivity contribution < 1.29 is 24.2 Å². The lowest BCUT2D eigenvalue weighted by Crippen LogP contribution is -2.32. The van der Waals surface area contributed by atoms with Gasteiger partial charge in [0.05, 0.1) is 18.2 Å². The highest BCUT2D eigenvalue weighted by Gasteiger charge is 2.21. The molecule has 6 nitrogen and oxygen atoms in total. The Bertz CT molecular complexity index is 503. The summed E-state index contributed by atoms with van der Waals surface area (Å²) in [6, 6.07) is 3.37. The van der Waals surface area contributed by atoms with E-state index in [4.69, 9.17) is 14.6 Å². The molecule has 0 aliphatic heterocycles. The van der Waals surface area contributed by atoms with Crippen LogP contribution in [0.15, 0.2) is 12.1 Å². The molecule has 136 valence electrons. The van der Waals surface area contributed by atoms with E-state index in [2.05, 4.69) is 5.32 Å². The van der Waals surface area contributed by atoms with Gasteiger partial charge in [0.2, 0.25) is 0 Å². The minimum Gasteiger partial charge on any atom is -0.466 e. The third-order valence-corrected chi connectivity index (χ3v) is 4.40. The summed E-state index contributed by atoms with van der Waals surface area (Å²) in [6.07, 6.45) is 3.11. The monoisotopic (exact) mass is 357 g/mol. The second-order valence-electron chi connectivity index (χ2n) is 5.24. The standard InChI is InChI=1S/C17H27NO5S/c1-3-22-16(20)11-9-14(17(21)23-4-2)18-15-10-8-13(24-15)7-5-6-12-19/h8,10,14,18-19H,3-7,9,11-12H2,1-2H3/t14-/m0/s1. The van der Waals surface area contributed by atoms with Crippen molar-refractivity contribution in [2.75, 3.05) is 25.1 Å². The normalized spacial score (nSPS) is 11.8. The van der Waals surface area contributed by atoms with E-state index >= 15 is 0 Å². The molecule has 24 heavy (non-hydrogen) atoms. The summed E-state index contributed by atoms with van der Waals surface area (Å²) in [5.41, 5.74) is 0. The molecule has 0 unspecified atom stereocenters. The number of aliphatic hydroxyl groups excluding tert-OH is 1. The molecule has 0 fully saturated rings. The first-order valence-corrected chi connectivity index (χ1v) is 9.20. The Kier molecular flexibility index (Phi) is 10.1. The van der Waals surface area contributed by atoms with E-state index in [0.717, 1.165) is 24.3 Å². The molecule has 7 heteroatoms. The highest BCUT2D eigenvalue weighted by molar-refractivity contribution is 7.16. The predicted octanol–water partition coefficient (Wildman–Crippen LogP) is 2.75. The Balaban J connectivity index is 2.60. The maximum absolute atomic E-state index is 12.1. The summed E-state index contributed by atoms with van der Waals surface area (Å²) in [4.78, 5) is 24.8. The number of carbonyl (C=O) groups excluding carboxylic acids is 2. The van der Waals surface area contributed by atoms with Crippen LogP contribution in [-0.4, -0.2) is 42.9 Å². The lowest BCUT2D eigenvalue weighted by atomic mass is 10.1. The SMILES string of the molecule is CCOC(=O)CC[C@H](Nc1ccc(CCCCO)s1)C(=O)OCC. The number of hydrogen-bond acceptors (Lipinski definition) is 7. The summed E-state index contributed by atoms with van der Waals surface area (Å²) in [7, 11) is 0. The molecule has 0 bridgehead atoms. The van der Waals surface area contributed by atoms with Crippen LogP contribution in [0.1, 0.15) is 44.4 Å². The van der Waals surface area contributed by atoms with Gasteiger partial charge < -0.3 is 19.9 Å². The fourth-order valence-corrected chi connectivity index (χ4v) is 3.16. The van der Waals surface area contributed by atoms with E-state index in [1.165, 1.54) is 4.88 Å². The van der Waals surface area contributed by atoms with E-state index in [-0.39, 0.29) is 25.0 Å². The number of anilines is 1. The lowest BCUT2D eigenvalue weighted by Gasteiger charge is -2.16. The fraction of sp³-hybridized carbons (Fsp3) is 0.647. The largest absolute Gasteiger partial charge is 0.466 e. The third kappa shape index (κ3) is 7.79. The second kappa shape index (κ2) is 11.9. The van der Waals surface area contributed by atoms with Gasteiger partial charge in [-0.2, -0.15) is 0 Å². The van der Waals surface area contributed by atoms with Gasteiger partial charge in [-0.05, 0) is 51.7 Å². The van der Waals surface area contributed by atoms with Gasteiger partial charge in [0.25, 0.3) is 0 Å². The Labute approximate surface area is 147 Å². The van der Waals surface area contributed by atoms with Crippen molar-refractivity contribution >= 4 is 28.3 Å². The topological polar surface area (TPSA) is 84.9 Å². The van der Waals surface area contributed by atoms with E-state index in [1.807, 2.05) is 12.1 Å². The van der Waals surface area contributed by atoms with Crippen molar-refractivity contribution in [2.24, 2.45) is 0 Å². The lowest BCUT2D eigenvalue weighted by molar-refractivity contribution is -0.145. The number of ether oxygens (including phenoxy) is 2. The molecular formula is C17H27NO5S. The summed E-state index contributed by atoms with van der Waals surface area (Å²) < 4.78 is 9.98. The van der Waals surface area contributed by atoms with Gasteiger partial charge >= 0.3 is 11.9 Å². The van der Waals surface area contributed by atoms with Crippen LogP contribution in [0.2, 0.25) is 0 Å². The molecule has 1 rings (SSSR count). The first-order chi connectivity index (χ1) is 11.6. The molecule has 0 amide bonds. The first kappa shape index (κ1) is 20.4. The average Bonchev–Trinajstić information content (AvgIpc) is 2.99. The van der Waals surface area contributed by atoms with Gasteiger partial charge in [-0.15, -0.1) is 11.3 Å². The molecule has 1 heterocycles. The summed E-state index contributed by atoms with van der Waals surface area (Å²) in [5.74, 6) is -0.679. The van der Waals surface area contributed by atoms with Crippen molar-refractivity contribution in [3.8, 4) is 0 Å². The first-order valence-electron chi connectivity index (χ1n) is 8.39. The quantitative estimate of drug-likeness (QED) is 0.442. The van der Waals surface area contributed by atoms with Crippen LogP contribution in [0.25, 0.3) is 0 Å². The minimum atomic E-state index is -0.571. The van der Waals surface area contributed by atoms with Crippen LogP contribution >= 0.6 is 11.3 Å². The zero-order chi connectivity index (χ0) is 17.8. The molecule has 0 saturated carbocycles. The van der Waals surface area contributed by atoms with E-state index < -0.39 is 6.04 Å². The van der Waals surface area contributed by atoms with Crippen LogP contribution in [0.4, 0.5) is 5.00 Å². The van der Waals surface area contributed by atoms with E-state index in [0.29, 0.717) is 19.6 Å². The number of carbonyl (C=O) groups is 2. The number of rotatable bonds is 12. The maximum atomic E-state index is 12.1. The summed E-state index contributed by atoms with van der Waals surface area (Å²) in [5, 5.41) is 12.9. The number of aryl methyl sites for hydroxylation is 1. The zero-order valence-electron chi connectivity index (χ0n) is 14.4. The van der Waals surface area contributed by atoms with Crippen LogP contribution in [-0.2, 0) is 25.5 Å². The van der Waals surface area contributed by atoms with Gasteiger partial charge in [0.15, 0.2) is 0 Å². The van der Waals surface area contributed by atoms with Crippen molar-refractivity contribution in [3.05, 3.63) is 17.0 Å². The summed E-state index contributed by atoms with van der Waals surface area (Å²) in [6.45, 7) is 4.34. The molecule has 1 atom stereocenters. The van der Waals surface area contributed by atoms with Gasteiger partial charge in [-0.25, -0.2) is 4.79 Å². The Morgan fingerprint density at radius 1 is 1.21 bits per heavy atom. The summed E-state index contributed by atoms with van der Waals surface area (Å²) >= 11 is 1.57. The van der Waals surface area contributed by atoms with Crippen LogP contribution < -0.4 is 5.32 Å². The highest BCUT2D eigenvalue weighted by Crippen LogP contribution is 2.25. The number of esters is 2. The van der Waals surface area contributed by atoms with Crippen molar-refractivity contribution in [1.82, 2.24) is 0 Å². The molecule has 0 aliphatic carbocycles. The highest BCUT2D eigenvalue weighted by atomic mass is 32.1. The van der Waals surface area contributed by atoms with Crippen LogP contribution in [0, 0.1) is 0 Å². The fourth-order valence-electron chi connectivity index (χ4n) is 2.16. The molecule has 1 aromatic rings. The Morgan fingerprint density at radius 2 is 1.96 bits per heavy atom. The molecule has 0 spiro atoms. The molecule has 1 aromatic heterocycles. The molecule has 2 N–H and O–H groups in total. The molecule has 0 aromatic carbocycles. The molecule has 0 aliphatic rings. The number of nitrogens with one attached hydrogen (secondary N) is 1. The van der Waals surface area contributed by atoms with Gasteiger partial charge in [0.1, 0.15) is 6.04 Å². The maximum Gasteiger partial charge on any atom is 0.328 e. The Hall–Kier alpha value is -1.60. The van der Waals surface area contributed by atoms with Crippen molar-refractivity contribution in [3.63, 3.8) is 0 Å². The minimum absolute atomic E-state index is 0.166. The average molecular weight is 357 g/mol. The van der Waals surface area contributed by atoms with E-state index in [9.17, 15) is 9.59 Å². The second-order valence-corrected chi connectivity index (χ2v) is 6.41. The third-order valence-electron chi connectivity index (χ3n) is 3.32. The number of unbranched alkanes of at least 4 members (excludes halogenated alkanes) is 1. The zero-order valence-corrected chi connectivity index (χ0v) is 15.2. The molecule has 0 radical (unpaired) electrons. The number of thiophene rings is 1. The van der Waals surface area contributed by atoms with E-state index in [1.54, 1.807) is 25.2 Å². The van der Waals surface area contributed by atoms with Crippen molar-refractivity contribution in [1.29, 1.82) is 0 Å². The van der Waals surface area contributed by atoms with Gasteiger partial charge in [-0.3, -0.25) is 4.79 Å². The number of aliphatic hydroxyl groups is 1. The van der Waals surface area contributed by atoms with Gasteiger partial charge in [-0.1, -0.05) is 0 Å². The van der Waals surface area contributed by atoms with Crippen LogP contribution in [0.3, 0.4) is 0 Å². The predicted molar refractivity (Wildman–Crippen MR) is 94.3 cm³/mol. The van der Waals surface area contributed by atoms with Crippen molar-refractivity contribution in [2.45, 2.75) is 52.0 Å².